The van der Waals surface area contributed by atoms with E-state index < -0.39 is 29.5 Å². The number of benzene rings is 2. The first-order valence-corrected chi connectivity index (χ1v) is 12.4. The van der Waals surface area contributed by atoms with Crippen LogP contribution in [-0.2, 0) is 22.5 Å². The van der Waals surface area contributed by atoms with Gasteiger partial charge in [0.15, 0.2) is 0 Å². The van der Waals surface area contributed by atoms with E-state index in [1.165, 1.54) is 17.0 Å². The molecule has 10 heteroatoms. The molecule has 2 aromatic rings. The van der Waals surface area contributed by atoms with Crippen LogP contribution in [0.1, 0.15) is 31.9 Å². The van der Waals surface area contributed by atoms with Crippen molar-refractivity contribution >= 4 is 33.6 Å². The van der Waals surface area contributed by atoms with Crippen molar-refractivity contribution in [2.45, 2.75) is 45.4 Å². The Morgan fingerprint density at radius 1 is 1.19 bits per heavy atom. The molecule has 0 saturated carbocycles. The first kappa shape index (κ1) is 27.7. The van der Waals surface area contributed by atoms with Crippen molar-refractivity contribution in [1.29, 1.82) is 0 Å². The largest absolute Gasteiger partial charge is 0.497 e. The van der Waals surface area contributed by atoms with E-state index in [4.69, 9.17) is 14.2 Å². The van der Waals surface area contributed by atoms with Gasteiger partial charge in [0, 0.05) is 19.0 Å². The van der Waals surface area contributed by atoms with Crippen LogP contribution in [0.4, 0.5) is 14.9 Å². The second kappa shape index (κ2) is 11.5. The number of carbonyl (C=O) groups excluding carboxylic acids is 2. The molecule has 3 rings (SSSR count). The van der Waals surface area contributed by atoms with Gasteiger partial charge in [-0.15, -0.1) is 0 Å². The average Bonchev–Trinajstić information content (AvgIpc) is 2.79. The molecule has 2 aromatic carbocycles. The van der Waals surface area contributed by atoms with Gasteiger partial charge in [-0.25, -0.2) is 9.18 Å². The van der Waals surface area contributed by atoms with Crippen LogP contribution in [0.25, 0.3) is 0 Å². The Morgan fingerprint density at radius 3 is 2.56 bits per heavy atom. The summed E-state index contributed by atoms with van der Waals surface area (Å²) in [7, 11) is 5.39. The maximum atomic E-state index is 14.4. The smallest absolute Gasteiger partial charge is 0.411 e. The minimum Gasteiger partial charge on any atom is -0.497 e. The molecule has 0 spiro atoms. The maximum Gasteiger partial charge on any atom is 0.411 e. The first-order valence-electron chi connectivity index (χ1n) is 11.6. The normalized spacial score (nSPS) is 15.4. The second-order valence-corrected chi connectivity index (χ2v) is 10.7. The summed E-state index contributed by atoms with van der Waals surface area (Å²) in [5.41, 5.74) is 1.23. The third-order valence-electron chi connectivity index (χ3n) is 5.55. The summed E-state index contributed by atoms with van der Waals surface area (Å²) in [5, 5.41) is 2.77. The number of nitrogens with zero attached hydrogens (tertiary/aromatic N) is 2. The average molecular weight is 566 g/mol. The van der Waals surface area contributed by atoms with Crippen LogP contribution >= 0.6 is 15.9 Å². The lowest BCUT2D eigenvalue weighted by Crippen LogP contribution is -2.52. The molecule has 1 aliphatic rings. The number of hydrogen-bond donors (Lipinski definition) is 1. The predicted molar refractivity (Wildman–Crippen MR) is 139 cm³/mol. The number of likely N-dealkylation sites (N-methyl/N-ethyl adjacent to an activating group) is 1. The molecule has 1 N–H and O–H groups in total. The lowest BCUT2D eigenvalue weighted by molar-refractivity contribution is -0.121. The van der Waals surface area contributed by atoms with Gasteiger partial charge in [-0.2, -0.15) is 0 Å². The van der Waals surface area contributed by atoms with E-state index >= 15 is 0 Å². The van der Waals surface area contributed by atoms with Gasteiger partial charge in [-0.1, -0.05) is 6.07 Å². The Labute approximate surface area is 219 Å². The van der Waals surface area contributed by atoms with Gasteiger partial charge in [0.2, 0.25) is 5.91 Å². The summed E-state index contributed by atoms with van der Waals surface area (Å²) >= 11 is 3.17. The molecule has 0 radical (unpaired) electrons. The van der Waals surface area contributed by atoms with Crippen LogP contribution in [-0.4, -0.2) is 67.8 Å². The van der Waals surface area contributed by atoms with Gasteiger partial charge in [0.1, 0.15) is 35.6 Å². The quantitative estimate of drug-likeness (QED) is 0.517. The molecule has 8 nitrogen and oxygen atoms in total. The number of hydrogen-bond acceptors (Lipinski definition) is 6. The summed E-state index contributed by atoms with van der Waals surface area (Å²) in [6.07, 6.45) is -0.360. The molecule has 1 aliphatic heterocycles. The van der Waals surface area contributed by atoms with Gasteiger partial charge in [0.05, 0.1) is 23.8 Å². The third-order valence-corrected chi connectivity index (χ3v) is 6.16. The summed E-state index contributed by atoms with van der Waals surface area (Å²) < 4.78 is 31.4. The highest BCUT2D eigenvalue weighted by atomic mass is 79.9. The van der Waals surface area contributed by atoms with E-state index in [0.717, 1.165) is 11.1 Å². The molecule has 0 saturated heterocycles. The highest BCUT2D eigenvalue weighted by Gasteiger charge is 2.37. The second-order valence-electron chi connectivity index (χ2n) is 9.87. The van der Waals surface area contributed by atoms with Crippen LogP contribution in [0.3, 0.4) is 0 Å². The SMILES string of the molecule is COc1ccc2c(c1)C[C@H](C(=O)Nc1cc(F)c(Br)cc1OCCN(C)C)N(C(=O)OC(C)(C)C)C2. The molecule has 0 bridgehead atoms. The summed E-state index contributed by atoms with van der Waals surface area (Å²) in [6.45, 7) is 6.47. The molecule has 2 amide bonds. The molecule has 1 heterocycles. The number of amides is 2. The number of methoxy groups -OCH3 is 1. The van der Waals surface area contributed by atoms with E-state index in [-0.39, 0.29) is 23.1 Å². The standard InChI is InChI=1S/C26H33BrFN3O5/c1-26(2,3)36-25(33)31-15-16-7-8-18(34-6)11-17(16)12-22(31)24(32)29-21-14-20(28)19(27)13-23(21)35-10-9-30(4)5/h7-8,11,13-14,22H,9-10,12,15H2,1-6H3,(H,29,32)/t22-/m1/s1. The third kappa shape index (κ3) is 7.10. The zero-order chi connectivity index (χ0) is 26.6. The number of carbonyl (C=O) groups is 2. The van der Waals surface area contributed by atoms with Crippen LogP contribution in [0.15, 0.2) is 34.8 Å². The predicted octanol–water partition coefficient (Wildman–Crippen LogP) is 4.84. The van der Waals surface area contributed by atoms with E-state index in [2.05, 4.69) is 21.2 Å². The Morgan fingerprint density at radius 2 is 1.92 bits per heavy atom. The molecule has 0 aliphatic carbocycles. The number of halogens is 2. The van der Waals surface area contributed by atoms with Crippen molar-refractivity contribution in [3.63, 3.8) is 0 Å². The van der Waals surface area contributed by atoms with E-state index in [1.54, 1.807) is 27.9 Å². The van der Waals surface area contributed by atoms with Gasteiger partial charge < -0.3 is 24.4 Å². The van der Waals surface area contributed by atoms with E-state index in [0.29, 0.717) is 24.7 Å². The van der Waals surface area contributed by atoms with Crippen molar-refractivity contribution in [3.05, 3.63) is 51.7 Å². The topological polar surface area (TPSA) is 80.3 Å². The van der Waals surface area contributed by atoms with Gasteiger partial charge in [-0.05, 0) is 80.1 Å². The van der Waals surface area contributed by atoms with Crippen molar-refractivity contribution in [3.8, 4) is 11.5 Å². The van der Waals surface area contributed by atoms with Crippen LogP contribution in [0, 0.1) is 5.82 Å². The highest BCUT2D eigenvalue weighted by molar-refractivity contribution is 9.10. The fourth-order valence-electron chi connectivity index (χ4n) is 3.73. The minimum atomic E-state index is -0.888. The molecule has 1 atom stereocenters. The highest BCUT2D eigenvalue weighted by Crippen LogP contribution is 2.33. The van der Waals surface area contributed by atoms with E-state index in [9.17, 15) is 14.0 Å². The lowest BCUT2D eigenvalue weighted by Gasteiger charge is -2.37. The van der Waals surface area contributed by atoms with Crippen LogP contribution < -0.4 is 14.8 Å². The number of ether oxygens (including phenoxy) is 3. The Kier molecular flexibility index (Phi) is 8.84. The molecular formula is C26H33BrFN3O5. The number of anilines is 1. The zero-order valence-corrected chi connectivity index (χ0v) is 23.1. The van der Waals surface area contributed by atoms with Gasteiger partial charge in [0.25, 0.3) is 0 Å². The van der Waals surface area contributed by atoms with Crippen molar-refractivity contribution in [2.75, 3.05) is 39.7 Å². The summed E-state index contributed by atoms with van der Waals surface area (Å²) in [6, 6.07) is 7.34. The number of fused-ring (bicyclic) bond motifs is 1. The van der Waals surface area contributed by atoms with E-state index in [1.807, 2.05) is 37.2 Å². The first-order chi connectivity index (χ1) is 16.9. The maximum absolute atomic E-state index is 14.4. The van der Waals surface area contributed by atoms with Crippen molar-refractivity contribution in [2.24, 2.45) is 0 Å². The Balaban J connectivity index is 1.91. The van der Waals surface area contributed by atoms with Gasteiger partial charge in [-0.3, -0.25) is 9.69 Å². The minimum absolute atomic E-state index is 0.181. The fourth-order valence-corrected chi connectivity index (χ4v) is 4.05. The molecule has 0 aromatic heterocycles. The molecule has 0 fully saturated rings. The zero-order valence-electron chi connectivity index (χ0n) is 21.5. The van der Waals surface area contributed by atoms with Crippen LogP contribution in [0.2, 0.25) is 0 Å². The molecular weight excluding hydrogens is 533 g/mol. The monoisotopic (exact) mass is 565 g/mol. The van der Waals surface area contributed by atoms with Crippen molar-refractivity contribution in [1.82, 2.24) is 9.80 Å². The Bertz CT molecular complexity index is 1120. The lowest BCUT2D eigenvalue weighted by atomic mass is 9.93. The fraction of sp³-hybridized carbons (Fsp3) is 0.462. The molecule has 196 valence electrons. The van der Waals surface area contributed by atoms with Crippen molar-refractivity contribution < 1.29 is 28.2 Å². The number of nitrogens with one attached hydrogen (secondary N) is 1. The molecule has 0 unspecified atom stereocenters. The summed E-state index contributed by atoms with van der Waals surface area (Å²) in [4.78, 5) is 30.0. The summed E-state index contributed by atoms with van der Waals surface area (Å²) in [5.74, 6) is -0.0492. The number of rotatable bonds is 7. The van der Waals surface area contributed by atoms with Gasteiger partial charge >= 0.3 is 6.09 Å². The van der Waals surface area contributed by atoms with Crippen LogP contribution in [0.5, 0.6) is 11.5 Å². The Hall–Kier alpha value is -2.85. The molecule has 36 heavy (non-hydrogen) atoms.